The molecular weight excluding hydrogens is 404 g/mol. The molecule has 2 rings (SSSR count). The predicted molar refractivity (Wildman–Crippen MR) is 118 cm³/mol. The highest BCUT2D eigenvalue weighted by Gasteiger charge is 2.26. The number of nitrogens with one attached hydrogen (secondary N) is 1. The molecular formula is C23H29ClN2O4. The summed E-state index contributed by atoms with van der Waals surface area (Å²) in [5, 5.41) is 3.49. The summed E-state index contributed by atoms with van der Waals surface area (Å²) in [4.78, 5) is 27.4. The van der Waals surface area contributed by atoms with E-state index >= 15 is 0 Å². The minimum absolute atomic E-state index is 0.138. The van der Waals surface area contributed by atoms with E-state index in [1.807, 2.05) is 25.1 Å². The lowest BCUT2D eigenvalue weighted by Crippen LogP contribution is -2.48. The van der Waals surface area contributed by atoms with Gasteiger partial charge in [0.1, 0.15) is 6.04 Å². The molecule has 2 amide bonds. The van der Waals surface area contributed by atoms with Crippen molar-refractivity contribution in [2.45, 2.75) is 39.3 Å². The Bertz CT molecular complexity index is 855. The van der Waals surface area contributed by atoms with Gasteiger partial charge in [-0.3, -0.25) is 9.59 Å². The second-order valence-corrected chi connectivity index (χ2v) is 7.42. The average molecular weight is 433 g/mol. The molecule has 0 aliphatic rings. The van der Waals surface area contributed by atoms with Crippen molar-refractivity contribution in [2.24, 2.45) is 0 Å². The fourth-order valence-electron chi connectivity index (χ4n) is 3.03. The van der Waals surface area contributed by atoms with E-state index < -0.39 is 6.04 Å². The van der Waals surface area contributed by atoms with Gasteiger partial charge in [-0.1, -0.05) is 36.7 Å². The molecule has 7 heteroatoms. The summed E-state index contributed by atoms with van der Waals surface area (Å²) >= 11 is 5.97. The summed E-state index contributed by atoms with van der Waals surface area (Å²) < 4.78 is 10.6. The first-order valence-electron chi connectivity index (χ1n) is 9.92. The lowest BCUT2D eigenvalue weighted by atomic mass is 10.1. The summed E-state index contributed by atoms with van der Waals surface area (Å²) in [6.45, 7) is 4.61. The van der Waals surface area contributed by atoms with Crippen molar-refractivity contribution >= 4 is 23.4 Å². The van der Waals surface area contributed by atoms with E-state index in [1.165, 1.54) is 0 Å². The van der Waals surface area contributed by atoms with E-state index in [9.17, 15) is 9.59 Å². The van der Waals surface area contributed by atoms with Crippen molar-refractivity contribution in [3.8, 4) is 11.5 Å². The van der Waals surface area contributed by atoms with Gasteiger partial charge in [-0.2, -0.15) is 0 Å². The molecule has 1 unspecified atom stereocenters. The number of carbonyl (C=O) groups excluding carboxylic acids is 2. The van der Waals surface area contributed by atoms with Crippen molar-refractivity contribution in [3.63, 3.8) is 0 Å². The van der Waals surface area contributed by atoms with Crippen molar-refractivity contribution < 1.29 is 19.1 Å². The molecule has 0 bridgehead atoms. The third-order valence-electron chi connectivity index (χ3n) is 4.79. The third-order valence-corrected chi connectivity index (χ3v) is 5.04. The molecule has 2 aromatic rings. The van der Waals surface area contributed by atoms with Crippen LogP contribution in [0, 0.1) is 0 Å². The van der Waals surface area contributed by atoms with Crippen LogP contribution in [0.15, 0.2) is 42.5 Å². The first-order chi connectivity index (χ1) is 14.4. The maximum Gasteiger partial charge on any atom is 0.242 e. The zero-order valence-electron chi connectivity index (χ0n) is 17.9. The molecule has 0 aliphatic heterocycles. The van der Waals surface area contributed by atoms with Crippen LogP contribution in [-0.2, 0) is 22.6 Å². The first-order valence-corrected chi connectivity index (χ1v) is 10.3. The number of ether oxygens (including phenoxy) is 2. The van der Waals surface area contributed by atoms with Gasteiger partial charge in [0, 0.05) is 18.1 Å². The fraction of sp³-hybridized carbons (Fsp3) is 0.391. The van der Waals surface area contributed by atoms with Crippen LogP contribution in [-0.4, -0.2) is 43.5 Å². The molecule has 162 valence electrons. The summed E-state index contributed by atoms with van der Waals surface area (Å²) in [5.74, 6) is 0.822. The number of carbonyl (C=O) groups is 2. The van der Waals surface area contributed by atoms with Gasteiger partial charge in [0.2, 0.25) is 11.8 Å². The van der Waals surface area contributed by atoms with Crippen LogP contribution in [0.4, 0.5) is 0 Å². The number of hydrogen-bond donors (Lipinski definition) is 1. The number of halogens is 1. The van der Waals surface area contributed by atoms with Gasteiger partial charge < -0.3 is 19.7 Å². The number of nitrogens with zero attached hydrogens (tertiary/aromatic N) is 1. The van der Waals surface area contributed by atoms with Crippen LogP contribution in [0.25, 0.3) is 0 Å². The van der Waals surface area contributed by atoms with Crippen LogP contribution in [0.3, 0.4) is 0 Å². The number of rotatable bonds is 10. The van der Waals surface area contributed by atoms with Gasteiger partial charge >= 0.3 is 0 Å². The largest absolute Gasteiger partial charge is 0.493 e. The molecule has 0 fully saturated rings. The van der Waals surface area contributed by atoms with Gasteiger partial charge in [0.15, 0.2) is 11.5 Å². The van der Waals surface area contributed by atoms with Crippen LogP contribution in [0.1, 0.15) is 31.4 Å². The van der Waals surface area contributed by atoms with Gasteiger partial charge in [-0.15, -0.1) is 0 Å². The highest BCUT2D eigenvalue weighted by Crippen LogP contribution is 2.28. The molecule has 1 atom stereocenters. The SMILES string of the molecule is CCCNC(=O)C(C)N(Cc1ccc(Cl)cc1)C(=O)Cc1ccc(OC)c(OC)c1. The number of methoxy groups -OCH3 is 2. The number of hydrogen-bond acceptors (Lipinski definition) is 4. The second kappa shape index (κ2) is 11.5. The highest BCUT2D eigenvalue weighted by atomic mass is 35.5. The lowest BCUT2D eigenvalue weighted by Gasteiger charge is -2.29. The molecule has 0 radical (unpaired) electrons. The Morgan fingerprint density at radius 1 is 1.03 bits per heavy atom. The van der Waals surface area contributed by atoms with E-state index in [2.05, 4.69) is 5.32 Å². The lowest BCUT2D eigenvalue weighted by molar-refractivity contribution is -0.140. The monoisotopic (exact) mass is 432 g/mol. The van der Waals surface area contributed by atoms with Crippen molar-refractivity contribution in [1.82, 2.24) is 10.2 Å². The van der Waals surface area contributed by atoms with Crippen LogP contribution in [0.2, 0.25) is 5.02 Å². The third kappa shape index (κ3) is 6.39. The van der Waals surface area contributed by atoms with E-state index in [0.29, 0.717) is 29.6 Å². The summed E-state index contributed by atoms with van der Waals surface area (Å²) in [7, 11) is 3.11. The zero-order chi connectivity index (χ0) is 22.1. The fourth-order valence-corrected chi connectivity index (χ4v) is 3.16. The maximum absolute atomic E-state index is 13.2. The maximum atomic E-state index is 13.2. The number of benzene rings is 2. The molecule has 0 heterocycles. The minimum atomic E-state index is -0.611. The van der Waals surface area contributed by atoms with Crippen LogP contribution < -0.4 is 14.8 Å². The Labute approximate surface area is 183 Å². The molecule has 0 saturated heterocycles. The van der Waals surface area contributed by atoms with Crippen molar-refractivity contribution in [3.05, 3.63) is 58.6 Å². The normalized spacial score (nSPS) is 11.5. The van der Waals surface area contributed by atoms with Gasteiger partial charge in [-0.25, -0.2) is 0 Å². The molecule has 0 aromatic heterocycles. The Morgan fingerprint density at radius 3 is 2.27 bits per heavy atom. The quantitative estimate of drug-likeness (QED) is 0.619. The molecule has 0 spiro atoms. The molecule has 0 aliphatic carbocycles. The van der Waals surface area contributed by atoms with Gasteiger partial charge in [0.05, 0.1) is 20.6 Å². The standard InChI is InChI=1S/C23H29ClN2O4/c1-5-12-25-23(28)16(2)26(15-17-6-9-19(24)10-7-17)22(27)14-18-8-11-20(29-3)21(13-18)30-4/h6-11,13,16H,5,12,14-15H2,1-4H3,(H,25,28). The van der Waals surface area contributed by atoms with Gasteiger partial charge in [0.25, 0.3) is 0 Å². The van der Waals surface area contributed by atoms with Crippen LogP contribution >= 0.6 is 11.6 Å². The predicted octanol–water partition coefficient (Wildman–Crippen LogP) is 3.84. The van der Waals surface area contributed by atoms with E-state index in [-0.39, 0.29) is 18.2 Å². The van der Waals surface area contributed by atoms with E-state index in [1.54, 1.807) is 50.3 Å². The topological polar surface area (TPSA) is 67.9 Å². The minimum Gasteiger partial charge on any atom is -0.493 e. The van der Waals surface area contributed by atoms with E-state index in [4.69, 9.17) is 21.1 Å². The Morgan fingerprint density at radius 2 is 1.67 bits per heavy atom. The summed E-state index contributed by atoms with van der Waals surface area (Å²) in [6.07, 6.45) is 0.967. The molecule has 1 N–H and O–H groups in total. The Hall–Kier alpha value is -2.73. The van der Waals surface area contributed by atoms with Gasteiger partial charge in [-0.05, 0) is 48.7 Å². The van der Waals surface area contributed by atoms with Crippen molar-refractivity contribution in [1.29, 1.82) is 0 Å². The molecule has 0 saturated carbocycles. The Kier molecular flexibility index (Phi) is 8.99. The Balaban J connectivity index is 2.24. The molecule has 2 aromatic carbocycles. The number of amides is 2. The second-order valence-electron chi connectivity index (χ2n) is 6.98. The molecule has 6 nitrogen and oxygen atoms in total. The first kappa shape index (κ1) is 23.5. The summed E-state index contributed by atoms with van der Waals surface area (Å²) in [5.41, 5.74) is 1.68. The van der Waals surface area contributed by atoms with Crippen LogP contribution in [0.5, 0.6) is 11.5 Å². The van der Waals surface area contributed by atoms with E-state index in [0.717, 1.165) is 17.5 Å². The zero-order valence-corrected chi connectivity index (χ0v) is 18.7. The smallest absolute Gasteiger partial charge is 0.242 e. The highest BCUT2D eigenvalue weighted by molar-refractivity contribution is 6.30. The van der Waals surface area contributed by atoms with Crippen molar-refractivity contribution in [2.75, 3.05) is 20.8 Å². The average Bonchev–Trinajstić information content (AvgIpc) is 2.76. The summed E-state index contributed by atoms with van der Waals surface area (Å²) in [6, 6.07) is 12.0. The molecule has 30 heavy (non-hydrogen) atoms.